The molecule has 2 unspecified atom stereocenters. The zero-order valence-corrected chi connectivity index (χ0v) is 14.5. The zero-order chi connectivity index (χ0) is 14.6. The van der Waals surface area contributed by atoms with Gasteiger partial charge in [-0.05, 0) is 70.6 Å². The maximum Gasteiger partial charge on any atom is 0.0856 e. The molecule has 3 heterocycles. The number of nitrogens with one attached hydrogen (secondary N) is 1. The predicted octanol–water partition coefficient (Wildman–Crippen LogP) is 4.87. The van der Waals surface area contributed by atoms with E-state index < -0.39 is 0 Å². The number of hydrogen-bond acceptors (Lipinski definition) is 2. The molecule has 2 nitrogen and oxygen atoms in total. The lowest BCUT2D eigenvalue weighted by Crippen LogP contribution is -2.41. The zero-order valence-electron chi connectivity index (χ0n) is 11.4. The van der Waals surface area contributed by atoms with Gasteiger partial charge >= 0.3 is 0 Å². The Kier molecular flexibility index (Phi) is 3.57. The van der Waals surface area contributed by atoms with Crippen molar-refractivity contribution in [3.63, 3.8) is 0 Å². The third-order valence-corrected chi connectivity index (χ3v) is 6.03. The largest absolute Gasteiger partial charge is 0.332 e. The lowest BCUT2D eigenvalue weighted by atomic mass is 9.92. The second-order valence-corrected chi connectivity index (χ2v) is 7.53. The molecule has 0 aromatic heterocycles. The van der Waals surface area contributed by atoms with E-state index in [-0.39, 0.29) is 0 Å². The summed E-state index contributed by atoms with van der Waals surface area (Å²) in [6, 6.07) is 7.01. The second kappa shape index (κ2) is 5.31. The summed E-state index contributed by atoms with van der Waals surface area (Å²) in [5.74, 6) is 0. The number of allylic oxidation sites excluding steroid dienone is 1. The third kappa shape index (κ3) is 2.44. The van der Waals surface area contributed by atoms with Gasteiger partial charge in [0.1, 0.15) is 0 Å². The molecule has 2 atom stereocenters. The van der Waals surface area contributed by atoms with E-state index in [1.165, 1.54) is 24.0 Å². The Morgan fingerprint density at radius 2 is 2.05 bits per heavy atom. The van der Waals surface area contributed by atoms with Crippen molar-refractivity contribution in [3.05, 3.63) is 50.1 Å². The van der Waals surface area contributed by atoms with Gasteiger partial charge in [0.25, 0.3) is 0 Å². The van der Waals surface area contributed by atoms with Crippen LogP contribution < -0.4 is 10.2 Å². The summed E-state index contributed by atoms with van der Waals surface area (Å²) >= 11 is 15.9. The predicted molar refractivity (Wildman–Crippen MR) is 92.4 cm³/mol. The van der Waals surface area contributed by atoms with Gasteiger partial charge in [-0.2, -0.15) is 0 Å². The molecule has 1 fully saturated rings. The van der Waals surface area contributed by atoms with Crippen LogP contribution >= 0.6 is 39.1 Å². The van der Waals surface area contributed by atoms with Crippen LogP contribution in [0, 0.1) is 0 Å². The van der Waals surface area contributed by atoms with Crippen LogP contribution in [0.5, 0.6) is 0 Å². The second-order valence-electron chi connectivity index (χ2n) is 5.90. The summed E-state index contributed by atoms with van der Waals surface area (Å²) in [5, 5.41) is 4.91. The number of nitrogens with zero attached hydrogens (tertiary/aromatic N) is 1. The molecule has 3 aliphatic rings. The summed E-state index contributed by atoms with van der Waals surface area (Å²) in [5.41, 5.74) is 4.10. The molecule has 1 aromatic rings. The van der Waals surface area contributed by atoms with Gasteiger partial charge in [-0.3, -0.25) is 0 Å². The van der Waals surface area contributed by atoms with E-state index in [1.807, 2.05) is 18.2 Å². The molecule has 0 amide bonds. The molecule has 5 heteroatoms. The van der Waals surface area contributed by atoms with E-state index in [9.17, 15) is 0 Å². The standard InChI is InChI=1S/C16H15BrCl2N2/c17-16-6-9-5-10-1-4-15(20-10)12(9)8-21(16)11-2-3-13(18)14(19)7-11/h2-3,6-7,10,15,20H,1,4-5,8H2. The average Bonchev–Trinajstić information content (AvgIpc) is 2.84. The highest BCUT2D eigenvalue weighted by Crippen LogP contribution is 2.40. The van der Waals surface area contributed by atoms with Gasteiger partial charge < -0.3 is 10.2 Å². The summed E-state index contributed by atoms with van der Waals surface area (Å²) in [7, 11) is 0. The number of anilines is 1. The van der Waals surface area contributed by atoms with Gasteiger partial charge in [0.2, 0.25) is 0 Å². The Bertz CT molecular complexity index is 668. The molecule has 21 heavy (non-hydrogen) atoms. The molecule has 3 aliphatic heterocycles. The van der Waals surface area contributed by atoms with E-state index in [4.69, 9.17) is 23.2 Å². The van der Waals surface area contributed by atoms with Crippen molar-refractivity contribution in [2.45, 2.75) is 31.3 Å². The van der Waals surface area contributed by atoms with Crippen LogP contribution in [0.25, 0.3) is 0 Å². The monoisotopic (exact) mass is 384 g/mol. The van der Waals surface area contributed by atoms with Crippen LogP contribution in [0.4, 0.5) is 5.69 Å². The molecule has 1 saturated heterocycles. The van der Waals surface area contributed by atoms with Crippen molar-refractivity contribution in [1.82, 2.24) is 5.32 Å². The van der Waals surface area contributed by atoms with Crippen molar-refractivity contribution < 1.29 is 0 Å². The van der Waals surface area contributed by atoms with Crippen molar-refractivity contribution in [2.24, 2.45) is 0 Å². The average molecular weight is 386 g/mol. The molecule has 1 aromatic carbocycles. The van der Waals surface area contributed by atoms with Crippen molar-refractivity contribution in [3.8, 4) is 0 Å². The molecule has 4 rings (SSSR count). The van der Waals surface area contributed by atoms with Gasteiger partial charge in [-0.1, -0.05) is 23.2 Å². The minimum Gasteiger partial charge on any atom is -0.332 e. The van der Waals surface area contributed by atoms with Crippen molar-refractivity contribution in [1.29, 1.82) is 0 Å². The van der Waals surface area contributed by atoms with E-state index in [2.05, 4.69) is 32.2 Å². The Hall–Kier alpha value is -0.480. The first-order valence-electron chi connectivity index (χ1n) is 7.19. The number of fused-ring (bicyclic) bond motifs is 3. The minimum atomic E-state index is 0.542. The number of halogens is 3. The molecule has 1 N–H and O–H groups in total. The third-order valence-electron chi connectivity index (χ3n) is 4.63. The molecule has 0 spiro atoms. The van der Waals surface area contributed by atoms with Gasteiger partial charge in [0, 0.05) is 24.3 Å². The quantitative estimate of drug-likeness (QED) is 0.693. The maximum absolute atomic E-state index is 6.16. The van der Waals surface area contributed by atoms with E-state index in [0.29, 0.717) is 22.1 Å². The van der Waals surface area contributed by atoms with E-state index in [0.717, 1.165) is 23.3 Å². The summed E-state index contributed by atoms with van der Waals surface area (Å²) in [6.07, 6.45) is 5.96. The first-order valence-corrected chi connectivity index (χ1v) is 8.74. The highest BCUT2D eigenvalue weighted by atomic mass is 79.9. The number of rotatable bonds is 1. The summed E-state index contributed by atoms with van der Waals surface area (Å²) < 4.78 is 1.10. The van der Waals surface area contributed by atoms with Crippen LogP contribution in [-0.2, 0) is 0 Å². The lowest BCUT2D eigenvalue weighted by molar-refractivity contribution is 0.528. The highest BCUT2D eigenvalue weighted by Gasteiger charge is 2.36. The number of hydrogen-bond donors (Lipinski definition) is 1. The molecule has 110 valence electrons. The highest BCUT2D eigenvalue weighted by molar-refractivity contribution is 9.11. The molecule has 0 aliphatic carbocycles. The van der Waals surface area contributed by atoms with E-state index >= 15 is 0 Å². The molecule has 0 saturated carbocycles. The maximum atomic E-state index is 6.16. The van der Waals surface area contributed by atoms with Gasteiger partial charge in [-0.15, -0.1) is 0 Å². The van der Waals surface area contributed by atoms with Gasteiger partial charge in [0.15, 0.2) is 0 Å². The summed E-state index contributed by atoms with van der Waals surface area (Å²) in [4.78, 5) is 2.25. The normalized spacial score (nSPS) is 27.8. The van der Waals surface area contributed by atoms with Gasteiger partial charge in [0.05, 0.1) is 14.7 Å². The van der Waals surface area contributed by atoms with Crippen LogP contribution in [0.15, 0.2) is 40.0 Å². The van der Waals surface area contributed by atoms with Crippen LogP contribution in [0.1, 0.15) is 19.3 Å². The van der Waals surface area contributed by atoms with Crippen LogP contribution in [-0.4, -0.2) is 18.6 Å². The Morgan fingerprint density at radius 1 is 1.19 bits per heavy atom. The van der Waals surface area contributed by atoms with Crippen LogP contribution in [0.3, 0.4) is 0 Å². The molecule has 2 bridgehead atoms. The fourth-order valence-electron chi connectivity index (χ4n) is 3.57. The first-order chi connectivity index (χ1) is 10.1. The fourth-order valence-corrected chi connectivity index (χ4v) is 4.47. The van der Waals surface area contributed by atoms with Gasteiger partial charge in [-0.25, -0.2) is 0 Å². The van der Waals surface area contributed by atoms with E-state index in [1.54, 1.807) is 0 Å². The number of benzene rings is 1. The summed E-state index contributed by atoms with van der Waals surface area (Å²) in [6.45, 7) is 0.911. The smallest absolute Gasteiger partial charge is 0.0856 e. The molecule has 0 radical (unpaired) electrons. The molecular weight excluding hydrogens is 371 g/mol. The topological polar surface area (TPSA) is 15.3 Å². The Labute approximate surface area is 142 Å². The first kappa shape index (κ1) is 14.1. The minimum absolute atomic E-state index is 0.542. The van der Waals surface area contributed by atoms with Crippen molar-refractivity contribution in [2.75, 3.05) is 11.4 Å². The fraction of sp³-hybridized carbons (Fsp3) is 0.375. The lowest BCUT2D eigenvalue weighted by Gasteiger charge is -2.36. The SMILES string of the molecule is Clc1ccc(N2CC3=C(C=C2Br)CC2CCC3N2)cc1Cl. The Balaban J connectivity index is 1.69. The molecular formula is C16H15BrCl2N2. The Morgan fingerprint density at radius 3 is 2.86 bits per heavy atom. The van der Waals surface area contributed by atoms with Crippen molar-refractivity contribution >= 4 is 44.8 Å². The van der Waals surface area contributed by atoms with Crippen LogP contribution in [0.2, 0.25) is 10.0 Å².